The van der Waals surface area contributed by atoms with E-state index >= 15 is 0 Å². The zero-order valence-electron chi connectivity index (χ0n) is 20.7. The fourth-order valence-corrected chi connectivity index (χ4v) is 3.86. The number of carbonyl (C=O) groups is 2. The van der Waals surface area contributed by atoms with Crippen molar-refractivity contribution in [3.8, 4) is 0 Å². The second-order valence-corrected chi connectivity index (χ2v) is 8.47. The van der Waals surface area contributed by atoms with E-state index in [0.29, 0.717) is 25.2 Å². The maximum atomic E-state index is 10.7. The van der Waals surface area contributed by atoms with Gasteiger partial charge in [-0.1, -0.05) is 94.7 Å². The van der Waals surface area contributed by atoms with Crippen LogP contribution >= 0.6 is 0 Å². The first-order valence-electron chi connectivity index (χ1n) is 12.2. The van der Waals surface area contributed by atoms with Gasteiger partial charge in [-0.3, -0.25) is 9.59 Å². The van der Waals surface area contributed by atoms with E-state index in [9.17, 15) is 9.59 Å². The van der Waals surface area contributed by atoms with Gasteiger partial charge in [-0.05, 0) is 24.4 Å². The first kappa shape index (κ1) is 33.1. The Balaban J connectivity index is 0.000000499. The summed E-state index contributed by atoms with van der Waals surface area (Å²) in [6.07, 6.45) is 11.9. The van der Waals surface area contributed by atoms with Crippen molar-refractivity contribution in [3.63, 3.8) is 0 Å². The number of benzene rings is 1. The van der Waals surface area contributed by atoms with Gasteiger partial charge < -0.3 is 31.1 Å². The second kappa shape index (κ2) is 19.3. The molecular formula is C26H40FeN2O6. The standard InChI is InChI=1S/C10H16NO2.C10H8NO2.2C3H8O.Fe/c2*12-10(13)9-6-5-7-3-1-2-4-8(7)11-9;2*1-2-3-4;/h7-9H,1-6H2,(H,12,13);1-6,9H,(H,12,13);2*4H,2-3H2,1H3;/q2*-1;;;+2. The van der Waals surface area contributed by atoms with Crippen LogP contribution in [0.4, 0.5) is 5.69 Å². The summed E-state index contributed by atoms with van der Waals surface area (Å²) in [5, 5.41) is 41.8. The fourth-order valence-electron chi connectivity index (χ4n) is 3.86. The molecule has 1 aromatic rings. The van der Waals surface area contributed by atoms with Crippen molar-refractivity contribution in [1.29, 1.82) is 0 Å². The molecule has 198 valence electrons. The van der Waals surface area contributed by atoms with E-state index in [1.54, 1.807) is 12.2 Å². The molecule has 0 amide bonds. The molecule has 0 radical (unpaired) electrons. The summed E-state index contributed by atoms with van der Waals surface area (Å²) >= 11 is 0. The molecule has 2 heterocycles. The number of aliphatic hydroxyl groups excluding tert-OH is 2. The summed E-state index contributed by atoms with van der Waals surface area (Å²) < 4.78 is 0. The van der Waals surface area contributed by atoms with Crippen LogP contribution in [0.1, 0.15) is 70.8 Å². The van der Waals surface area contributed by atoms with Gasteiger partial charge in [0.15, 0.2) is 0 Å². The van der Waals surface area contributed by atoms with Crippen molar-refractivity contribution >= 4 is 23.7 Å². The van der Waals surface area contributed by atoms with E-state index in [0.717, 1.165) is 43.4 Å². The summed E-state index contributed by atoms with van der Waals surface area (Å²) in [7, 11) is 0. The molecule has 9 heteroatoms. The maximum Gasteiger partial charge on any atom is 2.00 e. The van der Waals surface area contributed by atoms with Gasteiger partial charge in [-0.15, -0.1) is 11.7 Å². The van der Waals surface area contributed by atoms with Crippen LogP contribution in [0.2, 0.25) is 0 Å². The number of aliphatic carboxylic acids is 2. The third-order valence-corrected chi connectivity index (χ3v) is 5.71. The van der Waals surface area contributed by atoms with Gasteiger partial charge in [0.05, 0.1) is 0 Å². The Morgan fingerprint density at radius 2 is 1.51 bits per heavy atom. The summed E-state index contributed by atoms with van der Waals surface area (Å²) in [5.74, 6) is -0.945. The van der Waals surface area contributed by atoms with E-state index in [1.807, 2.05) is 38.1 Å². The molecule has 1 saturated carbocycles. The Morgan fingerprint density at radius 3 is 2.09 bits per heavy atom. The van der Waals surface area contributed by atoms with Crippen LogP contribution in [0.5, 0.6) is 0 Å². The number of carboxylic acid groups (broad SMARTS) is 2. The third kappa shape index (κ3) is 12.6. The molecule has 8 nitrogen and oxygen atoms in total. The van der Waals surface area contributed by atoms with Crippen molar-refractivity contribution in [2.24, 2.45) is 5.92 Å². The van der Waals surface area contributed by atoms with Gasteiger partial charge in [-0.25, -0.2) is 0 Å². The molecule has 0 bridgehead atoms. The molecule has 0 spiro atoms. The summed E-state index contributed by atoms with van der Waals surface area (Å²) in [5.41, 5.74) is 1.72. The zero-order valence-corrected chi connectivity index (χ0v) is 21.8. The van der Waals surface area contributed by atoms with E-state index in [4.69, 9.17) is 20.4 Å². The molecule has 2 fully saturated rings. The molecule has 4 rings (SSSR count). The molecule has 4 N–H and O–H groups in total. The van der Waals surface area contributed by atoms with Crippen LogP contribution in [-0.4, -0.2) is 63.7 Å². The summed E-state index contributed by atoms with van der Waals surface area (Å²) in [6.45, 7) is 4.50. The molecule has 4 unspecified atom stereocenters. The van der Waals surface area contributed by atoms with Gasteiger partial charge in [0, 0.05) is 19.3 Å². The smallest absolute Gasteiger partial charge is 0.669 e. The molecule has 0 aromatic heterocycles. The van der Waals surface area contributed by atoms with Crippen LogP contribution in [-0.2, 0) is 26.7 Å². The van der Waals surface area contributed by atoms with Crippen LogP contribution in [0.25, 0.3) is 16.7 Å². The molecule has 3 aliphatic rings. The van der Waals surface area contributed by atoms with Crippen LogP contribution in [0, 0.1) is 5.92 Å². The van der Waals surface area contributed by atoms with Crippen molar-refractivity contribution in [1.82, 2.24) is 0 Å². The van der Waals surface area contributed by atoms with Crippen LogP contribution in [0.15, 0.2) is 30.3 Å². The first-order valence-corrected chi connectivity index (χ1v) is 12.2. The number of aliphatic hydroxyl groups is 2. The molecule has 2 aliphatic heterocycles. The van der Waals surface area contributed by atoms with E-state index in [-0.39, 0.29) is 17.1 Å². The molecular weight excluding hydrogens is 492 g/mol. The molecule has 1 saturated heterocycles. The number of piperidine rings is 1. The number of rotatable bonds is 4. The van der Waals surface area contributed by atoms with Crippen molar-refractivity contribution < 1.29 is 47.1 Å². The second-order valence-electron chi connectivity index (χ2n) is 8.47. The Bertz CT molecular complexity index is 753. The predicted octanol–water partition coefficient (Wildman–Crippen LogP) is 5.11. The van der Waals surface area contributed by atoms with Gasteiger partial charge in [0.25, 0.3) is 11.9 Å². The first-order chi connectivity index (χ1) is 16.4. The molecule has 1 aliphatic carbocycles. The monoisotopic (exact) mass is 532 g/mol. The van der Waals surface area contributed by atoms with Gasteiger partial charge in [-0.2, -0.15) is 0 Å². The van der Waals surface area contributed by atoms with Crippen molar-refractivity contribution in [2.75, 3.05) is 13.2 Å². The number of nitrogens with zero attached hydrogens (tertiary/aromatic N) is 2. The minimum absolute atomic E-state index is 0. The van der Waals surface area contributed by atoms with Crippen LogP contribution in [0.3, 0.4) is 0 Å². The summed E-state index contributed by atoms with van der Waals surface area (Å²) in [4.78, 5) is 21.4. The minimum Gasteiger partial charge on any atom is -0.669 e. The normalized spacial score (nSPS) is 23.4. The van der Waals surface area contributed by atoms with Gasteiger partial charge >= 0.3 is 17.1 Å². The average Bonchev–Trinajstić information content (AvgIpc) is 2.88. The summed E-state index contributed by atoms with van der Waals surface area (Å²) in [6, 6.07) is 6.71. The predicted molar refractivity (Wildman–Crippen MR) is 134 cm³/mol. The average molecular weight is 532 g/mol. The number of hydrogen-bond donors (Lipinski definition) is 4. The number of fused-ring (bicyclic) bond motifs is 2. The van der Waals surface area contributed by atoms with Gasteiger partial charge in [0.1, 0.15) is 0 Å². The zero-order chi connectivity index (χ0) is 25.3. The molecule has 35 heavy (non-hydrogen) atoms. The Morgan fingerprint density at radius 1 is 0.914 bits per heavy atom. The molecule has 1 aromatic carbocycles. The maximum absolute atomic E-state index is 10.7. The van der Waals surface area contributed by atoms with Gasteiger partial charge in [0.2, 0.25) is 0 Å². The Hall–Kier alpha value is -1.90. The van der Waals surface area contributed by atoms with Crippen molar-refractivity contribution in [2.45, 2.75) is 83.3 Å². The fraction of sp³-hybridized carbons (Fsp3) is 0.615. The van der Waals surface area contributed by atoms with Crippen molar-refractivity contribution in [3.05, 3.63) is 46.5 Å². The Kier molecular flexibility index (Phi) is 18.3. The van der Waals surface area contributed by atoms with E-state index in [1.165, 1.54) is 19.3 Å². The number of hydrogen-bond acceptors (Lipinski definition) is 4. The largest absolute Gasteiger partial charge is 2.00 e. The third-order valence-electron chi connectivity index (χ3n) is 5.71. The quantitative estimate of drug-likeness (QED) is 0.397. The molecule has 4 atom stereocenters. The Labute approximate surface area is 219 Å². The SMILES string of the molecule is CCCO.CCCO.O=C(O)C1C=Cc2ccccc2[N-]1.O=C(O)C1CCC2CCCCC2[N-]1.[Fe+2]. The van der Waals surface area contributed by atoms with Crippen LogP contribution < -0.4 is 0 Å². The topological polar surface area (TPSA) is 143 Å². The van der Waals surface area contributed by atoms with E-state index in [2.05, 4.69) is 10.6 Å². The number of para-hydroxylation sites is 1. The number of carboxylic acids is 2. The minimum atomic E-state index is -0.911. The van der Waals surface area contributed by atoms with E-state index < -0.39 is 24.0 Å².